The lowest BCUT2D eigenvalue weighted by Gasteiger charge is -2.08. The van der Waals surface area contributed by atoms with Crippen LogP contribution >= 0.6 is 0 Å². The molecule has 2 heterocycles. The molecule has 2 aliphatic rings. The summed E-state index contributed by atoms with van der Waals surface area (Å²) >= 11 is 0. The Labute approximate surface area is 86.7 Å². The Kier molecular flexibility index (Phi) is 2.73. The molecule has 2 aliphatic heterocycles. The molecule has 0 amide bonds. The Hall–Kier alpha value is -0.260. The van der Waals surface area contributed by atoms with Crippen LogP contribution in [0, 0.1) is 0 Å². The predicted octanol–water partition coefficient (Wildman–Crippen LogP) is -1.30. The highest BCUT2D eigenvalue weighted by molar-refractivity contribution is 7.82. The number of rotatable bonds is 2. The fourth-order valence-electron chi connectivity index (χ4n) is 1.27. The Morgan fingerprint density at radius 2 is 1.27 bits per heavy atom. The van der Waals surface area contributed by atoms with Crippen molar-refractivity contribution in [2.24, 2.45) is 0 Å². The molecular weight excluding hydrogens is 252 g/mol. The van der Waals surface area contributed by atoms with Gasteiger partial charge in [-0.1, -0.05) is 0 Å². The summed E-state index contributed by atoms with van der Waals surface area (Å²) in [4.78, 5) is 0. The van der Waals surface area contributed by atoms with E-state index in [4.69, 9.17) is 0 Å². The zero-order valence-corrected chi connectivity index (χ0v) is 8.99. The lowest BCUT2D eigenvalue weighted by Crippen LogP contribution is -2.21. The van der Waals surface area contributed by atoms with E-state index < -0.39 is 33.0 Å². The first-order valence-corrected chi connectivity index (χ1v) is 6.68. The van der Waals surface area contributed by atoms with Crippen molar-refractivity contribution in [3.8, 4) is 0 Å². The van der Waals surface area contributed by atoms with Gasteiger partial charge in [0.25, 0.3) is 0 Å². The minimum absolute atomic E-state index is 0.0818. The van der Waals surface area contributed by atoms with E-state index in [2.05, 4.69) is 16.7 Å². The van der Waals surface area contributed by atoms with E-state index in [1.54, 1.807) is 0 Å². The summed E-state index contributed by atoms with van der Waals surface area (Å²) in [6, 6.07) is 0. The lowest BCUT2D eigenvalue weighted by atomic mass is 10.2. The molecule has 88 valence electrons. The third kappa shape index (κ3) is 2.86. The second-order valence-electron chi connectivity index (χ2n) is 3.06. The van der Waals surface area contributed by atoms with Gasteiger partial charge in [0.2, 0.25) is 0 Å². The zero-order chi connectivity index (χ0) is 11.1. The molecule has 10 heteroatoms. The van der Waals surface area contributed by atoms with Gasteiger partial charge in [-0.25, -0.2) is 16.7 Å². The van der Waals surface area contributed by atoms with Crippen LogP contribution in [0.1, 0.15) is 6.42 Å². The average Bonchev–Trinajstić information content (AvgIpc) is 2.56. The Morgan fingerprint density at radius 3 is 1.53 bits per heavy atom. The van der Waals surface area contributed by atoms with Crippen molar-refractivity contribution in [3.63, 3.8) is 0 Å². The summed E-state index contributed by atoms with van der Waals surface area (Å²) in [5.41, 5.74) is 0. The van der Waals surface area contributed by atoms with Crippen LogP contribution in [0.15, 0.2) is 0 Å². The van der Waals surface area contributed by atoms with Crippen LogP contribution in [-0.4, -0.2) is 42.3 Å². The van der Waals surface area contributed by atoms with Gasteiger partial charge in [-0.3, -0.25) is 0 Å². The van der Waals surface area contributed by atoms with Gasteiger partial charge in [-0.2, -0.15) is 16.8 Å². The smallest absolute Gasteiger partial charge is 0.245 e. The van der Waals surface area contributed by atoms with Gasteiger partial charge in [0.1, 0.15) is 12.2 Å². The van der Waals surface area contributed by atoms with E-state index in [1.807, 2.05) is 0 Å². The number of hydrogen-bond acceptors (Lipinski definition) is 8. The quantitative estimate of drug-likeness (QED) is 0.603. The molecule has 0 aromatic heterocycles. The fraction of sp³-hybridized carbons (Fsp3) is 1.00. The standard InChI is InChI=1S/C5H8O8S2/c6-14(7)10-2-4(12-14)1-5-3-11-15(8,9)13-5/h4-5H,1-3H2. The maximum atomic E-state index is 10.7. The van der Waals surface area contributed by atoms with Crippen molar-refractivity contribution < 1.29 is 33.6 Å². The molecule has 0 saturated carbocycles. The molecule has 2 fully saturated rings. The van der Waals surface area contributed by atoms with Gasteiger partial charge in [-0.05, 0) is 0 Å². The van der Waals surface area contributed by atoms with Crippen LogP contribution in [0.2, 0.25) is 0 Å². The monoisotopic (exact) mass is 260 g/mol. The van der Waals surface area contributed by atoms with E-state index in [0.29, 0.717) is 0 Å². The second kappa shape index (κ2) is 3.64. The Morgan fingerprint density at radius 1 is 0.867 bits per heavy atom. The SMILES string of the molecule is O=S1(=O)OCC(CC2COS(=O)(=O)O2)O1. The van der Waals surface area contributed by atoms with Crippen molar-refractivity contribution in [1.29, 1.82) is 0 Å². The van der Waals surface area contributed by atoms with E-state index in [0.717, 1.165) is 0 Å². The highest BCUT2D eigenvalue weighted by atomic mass is 32.3. The molecule has 0 aliphatic carbocycles. The molecule has 8 nitrogen and oxygen atoms in total. The molecule has 2 atom stereocenters. The zero-order valence-electron chi connectivity index (χ0n) is 7.36. The largest absolute Gasteiger partial charge is 0.400 e. The minimum atomic E-state index is -3.91. The van der Waals surface area contributed by atoms with Crippen LogP contribution in [0.25, 0.3) is 0 Å². The Balaban J connectivity index is 1.90. The maximum Gasteiger partial charge on any atom is 0.400 e. The summed E-state index contributed by atoms with van der Waals surface area (Å²) in [5.74, 6) is 0. The molecule has 0 spiro atoms. The highest BCUT2D eigenvalue weighted by Gasteiger charge is 2.37. The normalized spacial score (nSPS) is 38.1. The van der Waals surface area contributed by atoms with Crippen molar-refractivity contribution >= 4 is 20.8 Å². The van der Waals surface area contributed by atoms with Gasteiger partial charge >= 0.3 is 20.8 Å². The Bertz CT molecular complexity index is 394. The van der Waals surface area contributed by atoms with E-state index in [-0.39, 0.29) is 19.6 Å². The van der Waals surface area contributed by atoms with E-state index in [9.17, 15) is 16.8 Å². The van der Waals surface area contributed by atoms with Crippen LogP contribution < -0.4 is 0 Å². The minimum Gasteiger partial charge on any atom is -0.245 e. The third-order valence-corrected chi connectivity index (χ3v) is 3.70. The molecule has 0 aromatic rings. The third-order valence-electron chi connectivity index (χ3n) is 1.83. The molecule has 2 saturated heterocycles. The molecule has 0 bridgehead atoms. The first-order chi connectivity index (χ1) is 6.86. The van der Waals surface area contributed by atoms with Crippen molar-refractivity contribution in [3.05, 3.63) is 0 Å². The van der Waals surface area contributed by atoms with Gasteiger partial charge in [0.15, 0.2) is 0 Å². The second-order valence-corrected chi connectivity index (χ2v) is 5.55. The van der Waals surface area contributed by atoms with Gasteiger partial charge in [0.05, 0.1) is 13.2 Å². The molecule has 0 aromatic carbocycles. The van der Waals surface area contributed by atoms with Crippen molar-refractivity contribution in [2.75, 3.05) is 13.2 Å². The molecule has 0 N–H and O–H groups in total. The summed E-state index contributed by atoms with van der Waals surface area (Å²) in [7, 11) is -7.82. The molecular formula is C5H8O8S2. The summed E-state index contributed by atoms with van der Waals surface area (Å²) in [5, 5.41) is 0. The maximum absolute atomic E-state index is 10.7. The first kappa shape index (κ1) is 11.2. The molecule has 2 rings (SSSR count). The molecule has 2 unspecified atom stereocenters. The van der Waals surface area contributed by atoms with Crippen LogP contribution in [-0.2, 0) is 37.5 Å². The van der Waals surface area contributed by atoms with E-state index >= 15 is 0 Å². The van der Waals surface area contributed by atoms with Gasteiger partial charge in [-0.15, -0.1) is 0 Å². The summed E-state index contributed by atoms with van der Waals surface area (Å²) in [6.07, 6.45) is -1.37. The van der Waals surface area contributed by atoms with Gasteiger partial charge in [0, 0.05) is 6.42 Å². The molecule has 0 radical (unpaired) electrons. The first-order valence-electron chi connectivity index (χ1n) is 4.02. The summed E-state index contributed by atoms with van der Waals surface area (Å²) < 4.78 is 60.5. The number of hydrogen-bond donors (Lipinski definition) is 0. The van der Waals surface area contributed by atoms with Crippen molar-refractivity contribution in [2.45, 2.75) is 18.6 Å². The van der Waals surface area contributed by atoms with Crippen molar-refractivity contribution in [1.82, 2.24) is 0 Å². The van der Waals surface area contributed by atoms with Crippen LogP contribution in [0.4, 0.5) is 0 Å². The van der Waals surface area contributed by atoms with E-state index in [1.165, 1.54) is 0 Å². The molecule has 15 heavy (non-hydrogen) atoms. The fourth-order valence-corrected chi connectivity index (χ4v) is 2.95. The predicted molar refractivity (Wildman–Crippen MR) is 44.1 cm³/mol. The lowest BCUT2D eigenvalue weighted by molar-refractivity contribution is 0.139. The summed E-state index contributed by atoms with van der Waals surface area (Å²) in [6.45, 7) is -0.273. The van der Waals surface area contributed by atoms with Crippen LogP contribution in [0.5, 0.6) is 0 Å². The topological polar surface area (TPSA) is 105 Å². The van der Waals surface area contributed by atoms with Crippen LogP contribution in [0.3, 0.4) is 0 Å². The average molecular weight is 260 g/mol. The highest BCUT2D eigenvalue weighted by Crippen LogP contribution is 2.22. The van der Waals surface area contributed by atoms with Gasteiger partial charge < -0.3 is 0 Å².